The van der Waals surface area contributed by atoms with Crippen LogP contribution in [-0.2, 0) is 0 Å². The van der Waals surface area contributed by atoms with Crippen molar-refractivity contribution in [2.24, 2.45) is 0 Å². The van der Waals surface area contributed by atoms with Crippen molar-refractivity contribution in [1.82, 2.24) is 4.31 Å². The third-order valence-corrected chi connectivity index (χ3v) is 2.68. The molecule has 0 fully saturated rings. The molecular weight excluding hydrogens is 186 g/mol. The lowest BCUT2D eigenvalue weighted by Gasteiger charge is -2.12. The molecule has 0 aliphatic carbocycles. The van der Waals surface area contributed by atoms with Crippen LogP contribution in [0.3, 0.4) is 0 Å². The fourth-order valence-corrected chi connectivity index (χ4v) is 1.57. The van der Waals surface area contributed by atoms with Crippen LogP contribution in [0.15, 0.2) is 29.2 Å². The fourth-order valence-electron chi connectivity index (χ4n) is 0.845. The van der Waals surface area contributed by atoms with E-state index in [4.69, 9.17) is 5.11 Å². The molecule has 0 atom stereocenters. The van der Waals surface area contributed by atoms with Gasteiger partial charge in [0.2, 0.25) is 0 Å². The topological polar surface area (TPSA) is 40.5 Å². The lowest BCUT2D eigenvalue weighted by atomic mass is 10.2. The van der Waals surface area contributed by atoms with Crippen molar-refractivity contribution in [3.8, 4) is 0 Å². The highest BCUT2D eigenvalue weighted by atomic mass is 32.2. The Labute approximate surface area is 81.5 Å². The SMILES string of the molecule is Cc1ccccc1SN(C)C(=O)O. The molecule has 0 saturated heterocycles. The van der Waals surface area contributed by atoms with Crippen molar-refractivity contribution in [1.29, 1.82) is 0 Å². The first-order valence-corrected chi connectivity index (χ1v) is 4.59. The van der Waals surface area contributed by atoms with Gasteiger partial charge in [0.1, 0.15) is 0 Å². The van der Waals surface area contributed by atoms with E-state index in [9.17, 15) is 4.79 Å². The quantitative estimate of drug-likeness (QED) is 0.741. The second-order valence-corrected chi connectivity index (χ2v) is 3.81. The molecule has 0 aliphatic heterocycles. The molecule has 0 unspecified atom stereocenters. The summed E-state index contributed by atoms with van der Waals surface area (Å²) in [5.41, 5.74) is 1.08. The molecule has 0 spiro atoms. The van der Waals surface area contributed by atoms with Gasteiger partial charge in [-0.1, -0.05) is 18.2 Å². The van der Waals surface area contributed by atoms with Crippen molar-refractivity contribution in [2.45, 2.75) is 11.8 Å². The van der Waals surface area contributed by atoms with Gasteiger partial charge in [-0.05, 0) is 30.5 Å². The molecule has 3 nitrogen and oxygen atoms in total. The minimum absolute atomic E-state index is 0.937. The highest BCUT2D eigenvalue weighted by molar-refractivity contribution is 7.97. The summed E-state index contributed by atoms with van der Waals surface area (Å²) in [4.78, 5) is 11.5. The zero-order valence-electron chi connectivity index (χ0n) is 7.52. The number of nitrogens with zero attached hydrogens (tertiary/aromatic N) is 1. The van der Waals surface area contributed by atoms with Crippen molar-refractivity contribution in [3.63, 3.8) is 0 Å². The second kappa shape index (κ2) is 4.18. The van der Waals surface area contributed by atoms with Gasteiger partial charge in [-0.3, -0.25) is 4.31 Å². The predicted molar refractivity (Wildman–Crippen MR) is 52.8 cm³/mol. The number of carbonyl (C=O) groups is 1. The number of hydrogen-bond acceptors (Lipinski definition) is 2. The lowest BCUT2D eigenvalue weighted by Crippen LogP contribution is -2.16. The normalized spacial score (nSPS) is 9.69. The van der Waals surface area contributed by atoms with Crippen LogP contribution >= 0.6 is 11.9 Å². The van der Waals surface area contributed by atoms with Gasteiger partial charge in [0.25, 0.3) is 0 Å². The van der Waals surface area contributed by atoms with Crippen LogP contribution in [-0.4, -0.2) is 22.6 Å². The molecule has 1 rings (SSSR count). The third-order valence-electron chi connectivity index (χ3n) is 1.60. The third kappa shape index (κ3) is 2.66. The summed E-state index contributed by atoms with van der Waals surface area (Å²) in [6.45, 7) is 1.96. The first-order chi connectivity index (χ1) is 6.11. The van der Waals surface area contributed by atoms with Gasteiger partial charge in [0, 0.05) is 11.9 Å². The Kier molecular flexibility index (Phi) is 3.19. The summed E-state index contributed by atoms with van der Waals surface area (Å²) < 4.78 is 1.18. The monoisotopic (exact) mass is 197 g/mol. The molecule has 70 valence electrons. The summed E-state index contributed by atoms with van der Waals surface area (Å²) in [7, 11) is 1.53. The Morgan fingerprint density at radius 2 is 2.08 bits per heavy atom. The molecule has 0 aliphatic rings. The average Bonchev–Trinajstić information content (AvgIpc) is 2.08. The van der Waals surface area contributed by atoms with Gasteiger partial charge in [-0.15, -0.1) is 0 Å². The first kappa shape index (κ1) is 9.92. The maximum atomic E-state index is 10.5. The Bertz CT molecular complexity index is 314. The summed E-state index contributed by atoms with van der Waals surface area (Å²) in [5, 5.41) is 8.64. The van der Waals surface area contributed by atoms with Crippen LogP contribution in [0.1, 0.15) is 5.56 Å². The standard InChI is InChI=1S/C9H11NO2S/c1-7-5-3-4-6-8(7)13-10(2)9(11)12/h3-6H,1-2H3,(H,11,12). The van der Waals surface area contributed by atoms with E-state index in [1.165, 1.54) is 23.3 Å². The number of amides is 1. The molecule has 0 radical (unpaired) electrons. The van der Waals surface area contributed by atoms with Crippen LogP contribution in [0.5, 0.6) is 0 Å². The van der Waals surface area contributed by atoms with Crippen LogP contribution < -0.4 is 0 Å². The largest absolute Gasteiger partial charge is 0.464 e. The minimum atomic E-state index is -0.937. The Hall–Kier alpha value is -1.16. The number of aryl methyl sites for hydroxylation is 1. The molecule has 0 bridgehead atoms. The molecule has 1 N–H and O–H groups in total. The van der Waals surface area contributed by atoms with E-state index in [1.54, 1.807) is 0 Å². The van der Waals surface area contributed by atoms with Crippen molar-refractivity contribution in [3.05, 3.63) is 29.8 Å². The highest BCUT2D eigenvalue weighted by Gasteiger charge is 2.08. The first-order valence-electron chi connectivity index (χ1n) is 3.81. The molecule has 1 aromatic rings. The van der Waals surface area contributed by atoms with Gasteiger partial charge in [0.05, 0.1) is 0 Å². The van der Waals surface area contributed by atoms with Gasteiger partial charge >= 0.3 is 6.09 Å². The Morgan fingerprint density at radius 1 is 1.46 bits per heavy atom. The van der Waals surface area contributed by atoms with Crippen LogP contribution in [0.25, 0.3) is 0 Å². The van der Waals surface area contributed by atoms with Crippen LogP contribution in [0.4, 0.5) is 4.79 Å². The van der Waals surface area contributed by atoms with Crippen molar-refractivity contribution in [2.75, 3.05) is 7.05 Å². The average molecular weight is 197 g/mol. The summed E-state index contributed by atoms with van der Waals surface area (Å²) in [6.07, 6.45) is -0.937. The lowest BCUT2D eigenvalue weighted by molar-refractivity contribution is 0.181. The number of hydrogen-bond donors (Lipinski definition) is 1. The minimum Gasteiger partial charge on any atom is -0.464 e. The Balaban J connectivity index is 2.74. The van der Waals surface area contributed by atoms with E-state index in [2.05, 4.69) is 0 Å². The zero-order chi connectivity index (χ0) is 9.84. The van der Waals surface area contributed by atoms with Crippen LogP contribution in [0, 0.1) is 6.92 Å². The molecule has 0 heterocycles. The number of benzene rings is 1. The highest BCUT2D eigenvalue weighted by Crippen LogP contribution is 2.24. The van der Waals surface area contributed by atoms with E-state index in [0.29, 0.717) is 0 Å². The van der Waals surface area contributed by atoms with Gasteiger partial charge < -0.3 is 5.11 Å². The predicted octanol–water partition coefficient (Wildman–Crippen LogP) is 2.61. The fraction of sp³-hybridized carbons (Fsp3) is 0.222. The summed E-state index contributed by atoms with van der Waals surface area (Å²) >= 11 is 1.21. The number of carboxylic acid groups (broad SMARTS) is 1. The van der Waals surface area contributed by atoms with E-state index in [1.807, 2.05) is 31.2 Å². The molecule has 1 amide bonds. The zero-order valence-corrected chi connectivity index (χ0v) is 8.34. The summed E-state index contributed by atoms with van der Waals surface area (Å²) in [6, 6.07) is 7.68. The molecule has 0 aromatic heterocycles. The van der Waals surface area contributed by atoms with Gasteiger partial charge in [0.15, 0.2) is 0 Å². The Morgan fingerprint density at radius 3 is 2.62 bits per heavy atom. The van der Waals surface area contributed by atoms with Crippen molar-refractivity contribution >= 4 is 18.0 Å². The van der Waals surface area contributed by atoms with Crippen LogP contribution in [0.2, 0.25) is 0 Å². The van der Waals surface area contributed by atoms with E-state index >= 15 is 0 Å². The smallest absolute Gasteiger partial charge is 0.417 e. The van der Waals surface area contributed by atoms with Gasteiger partial charge in [-0.2, -0.15) is 0 Å². The van der Waals surface area contributed by atoms with E-state index in [0.717, 1.165) is 10.5 Å². The number of rotatable bonds is 2. The van der Waals surface area contributed by atoms with E-state index < -0.39 is 6.09 Å². The molecule has 13 heavy (non-hydrogen) atoms. The molecule has 0 saturated carbocycles. The second-order valence-electron chi connectivity index (χ2n) is 2.64. The molecule has 1 aromatic carbocycles. The van der Waals surface area contributed by atoms with E-state index in [-0.39, 0.29) is 0 Å². The molecule has 4 heteroatoms. The maximum Gasteiger partial charge on any atom is 0.417 e. The molecular formula is C9H11NO2S. The van der Waals surface area contributed by atoms with Crippen molar-refractivity contribution < 1.29 is 9.90 Å². The summed E-state index contributed by atoms with van der Waals surface area (Å²) in [5.74, 6) is 0. The van der Waals surface area contributed by atoms with Gasteiger partial charge in [-0.25, -0.2) is 4.79 Å². The maximum absolute atomic E-state index is 10.5.